The highest BCUT2D eigenvalue weighted by Gasteiger charge is 2.51. The molecule has 240 valence electrons. The fourth-order valence-electron chi connectivity index (χ4n) is 7.81. The van der Waals surface area contributed by atoms with Crippen LogP contribution in [0.5, 0.6) is 17.2 Å². The molecule has 3 fully saturated rings. The van der Waals surface area contributed by atoms with E-state index in [2.05, 4.69) is 9.24 Å². The van der Waals surface area contributed by atoms with E-state index in [9.17, 15) is 14.4 Å². The van der Waals surface area contributed by atoms with Gasteiger partial charge in [0.2, 0.25) is 11.5 Å². The topological polar surface area (TPSA) is 88.6 Å². The van der Waals surface area contributed by atoms with Crippen molar-refractivity contribution >= 4 is 31.9 Å². The molecule has 0 N–H and O–H groups in total. The highest BCUT2D eigenvalue weighted by Crippen LogP contribution is 2.48. The maximum atomic E-state index is 12.7. The number of carbonyl (C=O) groups is 3. The molecule has 1 aromatic rings. The Morgan fingerprint density at radius 2 is 0.767 bits per heavy atom. The number of hydrogen-bond donors (Lipinski definition) is 0. The summed E-state index contributed by atoms with van der Waals surface area (Å²) in [7, 11) is 2.74. The van der Waals surface area contributed by atoms with Crippen molar-refractivity contribution in [2.45, 2.75) is 155 Å². The van der Waals surface area contributed by atoms with Crippen molar-refractivity contribution in [1.82, 2.24) is 15.2 Å². The molecule has 9 nitrogen and oxygen atoms in total. The molecule has 1 unspecified atom stereocenters. The molecule has 3 heterocycles. The molecule has 43 heavy (non-hydrogen) atoms. The smallest absolute Gasteiger partial charge is 0.236 e. The number of ketones is 3. The number of hydrogen-bond acceptors (Lipinski definition) is 9. The van der Waals surface area contributed by atoms with Gasteiger partial charge in [-0.25, -0.2) is 0 Å². The fourth-order valence-corrected chi connectivity index (χ4v) is 8.09. The van der Waals surface area contributed by atoms with Crippen molar-refractivity contribution in [1.29, 1.82) is 0 Å². The van der Waals surface area contributed by atoms with Crippen molar-refractivity contribution in [2.24, 2.45) is 0 Å². The number of hydroxylamine groups is 6. The summed E-state index contributed by atoms with van der Waals surface area (Å²) in [6.45, 7) is 24.1. The highest BCUT2D eigenvalue weighted by atomic mass is 31.0. The molecule has 0 amide bonds. The van der Waals surface area contributed by atoms with Crippen molar-refractivity contribution < 1.29 is 28.9 Å². The van der Waals surface area contributed by atoms with Gasteiger partial charge in [-0.3, -0.25) is 14.4 Å². The lowest BCUT2D eigenvalue weighted by atomic mass is 9.81. The molecule has 0 spiro atoms. The minimum atomic E-state index is -0.615. The molecule has 3 aliphatic rings. The molecule has 1 aromatic carbocycles. The first-order valence-corrected chi connectivity index (χ1v) is 15.9. The molecule has 4 rings (SSSR count). The maximum absolute atomic E-state index is 12.7. The summed E-state index contributed by atoms with van der Waals surface area (Å²) in [6, 6.07) is 3.76. The third-order valence-corrected chi connectivity index (χ3v) is 9.19. The minimum Gasteiger partial charge on any atom is -0.401 e. The fraction of sp³-hybridized carbons (Fsp3) is 0.727. The lowest BCUT2D eigenvalue weighted by Gasteiger charge is -2.52. The summed E-state index contributed by atoms with van der Waals surface area (Å²) in [5.74, 6) is 1.83. The van der Waals surface area contributed by atoms with E-state index in [1.807, 2.05) is 110 Å². The summed E-state index contributed by atoms with van der Waals surface area (Å²) in [6.07, 6.45) is 2.10. The van der Waals surface area contributed by atoms with E-state index in [1.54, 1.807) is 0 Å². The van der Waals surface area contributed by atoms with Gasteiger partial charge in [-0.2, -0.15) is 0 Å². The van der Waals surface area contributed by atoms with E-state index in [4.69, 9.17) is 14.5 Å². The van der Waals surface area contributed by atoms with Crippen molar-refractivity contribution in [2.75, 3.05) is 0 Å². The van der Waals surface area contributed by atoms with Gasteiger partial charge in [0, 0.05) is 43.8 Å². The third kappa shape index (κ3) is 6.66. The number of benzene rings is 1. The first-order chi connectivity index (χ1) is 19.4. The second-order valence-corrected chi connectivity index (χ2v) is 17.1. The van der Waals surface area contributed by atoms with Crippen LogP contribution in [0.4, 0.5) is 0 Å². The van der Waals surface area contributed by atoms with Crippen LogP contribution in [-0.2, 0) is 14.4 Å². The third-order valence-electron chi connectivity index (χ3n) is 8.74. The zero-order valence-electron chi connectivity index (χ0n) is 28.3. The number of Topliss-reactive ketones (excluding diaryl/α,β-unsaturated/α-hetero) is 3. The van der Waals surface area contributed by atoms with Crippen molar-refractivity contribution in [3.63, 3.8) is 0 Å². The van der Waals surface area contributed by atoms with E-state index >= 15 is 0 Å². The van der Waals surface area contributed by atoms with Crippen LogP contribution in [0.1, 0.15) is 122 Å². The molecule has 10 heteroatoms. The van der Waals surface area contributed by atoms with Crippen LogP contribution in [-0.4, -0.2) is 65.8 Å². The zero-order valence-corrected chi connectivity index (χ0v) is 29.4. The minimum absolute atomic E-state index is 0.186. The maximum Gasteiger partial charge on any atom is 0.236 e. The van der Waals surface area contributed by atoms with Crippen LogP contribution in [0, 0.1) is 0 Å². The quantitative estimate of drug-likeness (QED) is 0.371. The lowest BCUT2D eigenvalue weighted by Crippen LogP contribution is -2.63. The van der Waals surface area contributed by atoms with E-state index in [-0.39, 0.29) is 17.3 Å². The Morgan fingerprint density at radius 1 is 0.488 bits per heavy atom. The predicted octanol–water partition coefficient (Wildman–Crippen LogP) is 5.73. The van der Waals surface area contributed by atoms with Gasteiger partial charge in [-0.15, -0.1) is 24.4 Å². The first kappa shape index (κ1) is 33.8. The molecule has 0 saturated carbocycles. The second-order valence-electron chi connectivity index (χ2n) is 16.5. The first-order valence-electron chi connectivity index (χ1n) is 15.3. The molecule has 0 aliphatic carbocycles. The second kappa shape index (κ2) is 10.8. The summed E-state index contributed by atoms with van der Waals surface area (Å²) < 4.78 is 0. The molecule has 3 aliphatic heterocycles. The largest absolute Gasteiger partial charge is 0.401 e. The molecule has 0 bridgehead atoms. The number of rotatable bonds is 6. The summed E-state index contributed by atoms with van der Waals surface area (Å²) in [5, 5.41) is 6.46. The lowest BCUT2D eigenvalue weighted by molar-refractivity contribution is -0.235. The van der Waals surface area contributed by atoms with E-state index in [1.165, 1.54) is 0 Å². The number of nitrogens with zero attached hydrogens (tertiary/aromatic N) is 3. The van der Waals surface area contributed by atoms with Crippen LogP contribution in [0.3, 0.4) is 0 Å². The van der Waals surface area contributed by atoms with Crippen LogP contribution >= 0.6 is 9.24 Å². The van der Waals surface area contributed by atoms with Crippen molar-refractivity contribution in [3.8, 4) is 17.2 Å². The van der Waals surface area contributed by atoms with Gasteiger partial charge >= 0.3 is 0 Å². The Morgan fingerprint density at radius 3 is 1.09 bits per heavy atom. The average molecular weight is 618 g/mol. The molecular formula is C33H52N3O6P. The van der Waals surface area contributed by atoms with Crippen LogP contribution in [0.2, 0.25) is 0 Å². The van der Waals surface area contributed by atoms with E-state index in [0.29, 0.717) is 55.8 Å². The molecule has 0 radical (unpaired) electrons. The van der Waals surface area contributed by atoms with E-state index < -0.39 is 33.2 Å². The van der Waals surface area contributed by atoms with Gasteiger partial charge < -0.3 is 14.5 Å². The zero-order chi connectivity index (χ0) is 32.6. The Hall–Kier alpha value is -2.06. The molecule has 0 aromatic heterocycles. The Labute approximate surface area is 260 Å². The number of piperidine rings is 3. The predicted molar refractivity (Wildman–Crippen MR) is 170 cm³/mol. The van der Waals surface area contributed by atoms with Crippen LogP contribution < -0.4 is 19.8 Å². The van der Waals surface area contributed by atoms with Gasteiger partial charge in [-0.05, 0) is 95.2 Å². The van der Waals surface area contributed by atoms with Gasteiger partial charge in [0.05, 0.1) is 33.2 Å². The van der Waals surface area contributed by atoms with Gasteiger partial charge in [-0.1, -0.05) is 0 Å². The highest BCUT2D eigenvalue weighted by molar-refractivity contribution is 7.27. The Kier molecular flexibility index (Phi) is 8.48. The standard InChI is InChI=1S/C33H52N3O6P/c1-28(2)15-21(37)16-29(3,4)34(28)40-24-13-14-25(43)27(42-36-32(9,10)19-23(39)20-33(36,11)12)26(24)41-35-30(5,6)17-22(38)18-31(35,7)8/h13-14H,15-20,43H2,1-12H3. The normalized spacial score (nSPS) is 26.7. The monoisotopic (exact) mass is 617 g/mol. The van der Waals surface area contributed by atoms with Gasteiger partial charge in [0.1, 0.15) is 17.3 Å². The van der Waals surface area contributed by atoms with Crippen LogP contribution in [0.25, 0.3) is 0 Å². The Bertz CT molecular complexity index is 1260. The average Bonchev–Trinajstić information content (AvgIpc) is 2.75. The summed E-state index contributed by atoms with van der Waals surface area (Å²) in [4.78, 5) is 58.6. The van der Waals surface area contributed by atoms with Crippen molar-refractivity contribution in [3.05, 3.63) is 12.1 Å². The van der Waals surface area contributed by atoms with Crippen LogP contribution in [0.15, 0.2) is 12.1 Å². The molecule has 3 saturated heterocycles. The number of carbonyl (C=O) groups excluding carboxylic acids is 3. The van der Waals surface area contributed by atoms with Gasteiger partial charge in [0.15, 0.2) is 5.75 Å². The van der Waals surface area contributed by atoms with E-state index in [0.717, 1.165) is 5.30 Å². The molecule has 1 atom stereocenters. The summed E-state index contributed by atoms with van der Waals surface area (Å²) in [5.41, 5.74) is -3.56. The Balaban J connectivity index is 1.88. The van der Waals surface area contributed by atoms with Gasteiger partial charge in [0.25, 0.3) is 0 Å². The SMILES string of the molecule is CC1(C)CC(=O)CC(C)(C)N1Oc1ccc(P)c(ON2C(C)(C)CC(=O)CC2(C)C)c1ON1C(C)(C)CC(=O)CC1(C)C. The molecular weight excluding hydrogens is 565 g/mol. The summed E-state index contributed by atoms with van der Waals surface area (Å²) >= 11 is 0.